The van der Waals surface area contributed by atoms with E-state index < -0.39 is 17.7 Å². The number of aliphatic hydroxyl groups is 1. The van der Waals surface area contributed by atoms with E-state index in [9.17, 15) is 18.0 Å². The van der Waals surface area contributed by atoms with Crippen LogP contribution in [-0.4, -0.2) is 52.8 Å². The third-order valence-electron chi connectivity index (χ3n) is 3.55. The molecule has 0 aromatic heterocycles. The summed E-state index contributed by atoms with van der Waals surface area (Å²) in [4.78, 5) is 13.9. The zero-order valence-corrected chi connectivity index (χ0v) is 13.6. The second-order valence-corrected chi connectivity index (χ2v) is 7.66. The number of alkyl halides is 3. The summed E-state index contributed by atoms with van der Waals surface area (Å²) in [6.45, 7) is 6.99. The van der Waals surface area contributed by atoms with Crippen LogP contribution in [0.2, 0.25) is 0 Å². The molecule has 0 aliphatic carbocycles. The molecule has 0 spiro atoms. The molecule has 7 heteroatoms. The molecule has 1 heterocycles. The number of halogens is 3. The predicted octanol–water partition coefficient (Wildman–Crippen LogP) is 2.93. The average molecular weight is 327 g/mol. The van der Waals surface area contributed by atoms with Gasteiger partial charge in [-0.25, -0.2) is 0 Å². The predicted molar refractivity (Wildman–Crippen MR) is 78.1 cm³/mol. The van der Waals surface area contributed by atoms with Gasteiger partial charge < -0.3 is 10.0 Å². The van der Waals surface area contributed by atoms with Gasteiger partial charge in [0, 0.05) is 24.3 Å². The molecule has 1 saturated heterocycles. The molecule has 1 amide bonds. The second kappa shape index (κ2) is 7.22. The van der Waals surface area contributed by atoms with Gasteiger partial charge in [0.1, 0.15) is 0 Å². The molecule has 1 aliphatic rings. The third-order valence-corrected chi connectivity index (χ3v) is 4.81. The molecular formula is C14H24F3NO2S. The van der Waals surface area contributed by atoms with Gasteiger partial charge in [0.15, 0.2) is 6.10 Å². The second-order valence-electron chi connectivity index (χ2n) is 6.58. The Hall–Kier alpha value is -0.430. The van der Waals surface area contributed by atoms with Crippen LogP contribution in [0.1, 0.15) is 33.6 Å². The van der Waals surface area contributed by atoms with Crippen LogP contribution in [0.5, 0.6) is 0 Å². The summed E-state index contributed by atoms with van der Waals surface area (Å²) in [5.41, 5.74) is -0.390. The fourth-order valence-electron chi connectivity index (χ4n) is 2.22. The fourth-order valence-corrected chi connectivity index (χ4v) is 3.43. The van der Waals surface area contributed by atoms with Crippen LogP contribution in [-0.2, 0) is 4.79 Å². The number of hydrogen-bond donors (Lipinski definition) is 1. The molecule has 0 aromatic rings. The zero-order valence-electron chi connectivity index (χ0n) is 12.7. The van der Waals surface area contributed by atoms with Crippen molar-refractivity contribution in [3.05, 3.63) is 0 Å². The zero-order chi connectivity index (χ0) is 16.3. The Bertz CT molecular complexity index is 347. The van der Waals surface area contributed by atoms with Gasteiger partial charge in [-0.3, -0.25) is 4.79 Å². The first-order valence-electron chi connectivity index (χ1n) is 7.13. The monoisotopic (exact) mass is 327 g/mol. The van der Waals surface area contributed by atoms with Gasteiger partial charge in [0.25, 0.3) is 0 Å². The maximum absolute atomic E-state index is 12.2. The summed E-state index contributed by atoms with van der Waals surface area (Å²) >= 11 is 1.14. The minimum atomic E-state index is -4.53. The molecule has 0 bridgehead atoms. The van der Waals surface area contributed by atoms with E-state index in [-0.39, 0.29) is 11.7 Å². The number of amides is 1. The summed E-state index contributed by atoms with van der Waals surface area (Å²) in [7, 11) is 0. The number of nitrogens with zero attached hydrogens (tertiary/aromatic N) is 1. The van der Waals surface area contributed by atoms with Crippen molar-refractivity contribution in [1.29, 1.82) is 0 Å². The highest BCUT2D eigenvalue weighted by molar-refractivity contribution is 7.99. The molecule has 0 saturated carbocycles. The van der Waals surface area contributed by atoms with E-state index in [0.717, 1.165) is 24.6 Å². The molecule has 1 aliphatic heterocycles. The van der Waals surface area contributed by atoms with Gasteiger partial charge >= 0.3 is 6.18 Å². The lowest BCUT2D eigenvalue weighted by molar-refractivity contribution is -0.195. The quantitative estimate of drug-likeness (QED) is 0.863. The van der Waals surface area contributed by atoms with Gasteiger partial charge in [-0.05, 0) is 24.5 Å². The lowest BCUT2D eigenvalue weighted by Gasteiger charge is -2.35. The van der Waals surface area contributed by atoms with Gasteiger partial charge in [-0.15, -0.1) is 0 Å². The fraction of sp³-hybridized carbons (Fsp3) is 0.929. The molecule has 1 atom stereocenters. The maximum Gasteiger partial charge on any atom is 0.415 e. The summed E-state index contributed by atoms with van der Waals surface area (Å²) in [6, 6.07) is 0. The first kappa shape index (κ1) is 18.6. The van der Waals surface area contributed by atoms with E-state index in [0.29, 0.717) is 24.8 Å². The van der Waals surface area contributed by atoms with Crippen molar-refractivity contribution in [2.75, 3.05) is 24.6 Å². The maximum atomic E-state index is 12.2. The van der Waals surface area contributed by atoms with E-state index >= 15 is 0 Å². The number of piperidine rings is 1. The number of carbonyl (C=O) groups excluding carboxylic acids is 1. The summed E-state index contributed by atoms with van der Waals surface area (Å²) < 4.78 is 36.5. The number of rotatable bonds is 4. The summed E-state index contributed by atoms with van der Waals surface area (Å²) in [5.74, 6) is 0.732. The van der Waals surface area contributed by atoms with Crippen molar-refractivity contribution in [2.24, 2.45) is 11.3 Å². The van der Waals surface area contributed by atoms with Crippen LogP contribution in [0.4, 0.5) is 13.2 Å². The van der Waals surface area contributed by atoms with Crippen LogP contribution in [0.3, 0.4) is 0 Å². The molecule has 0 radical (unpaired) electrons. The molecule has 21 heavy (non-hydrogen) atoms. The minimum absolute atomic E-state index is 0.126. The number of hydrogen-bond acceptors (Lipinski definition) is 3. The van der Waals surface area contributed by atoms with Crippen molar-refractivity contribution in [3.8, 4) is 0 Å². The molecule has 124 valence electrons. The Balaban J connectivity index is 2.27. The van der Waals surface area contributed by atoms with Crippen LogP contribution < -0.4 is 0 Å². The smallest absolute Gasteiger partial charge is 0.383 e. The van der Waals surface area contributed by atoms with E-state index in [1.165, 1.54) is 0 Å². The number of carbonyl (C=O) groups is 1. The molecule has 1 rings (SSSR count). The van der Waals surface area contributed by atoms with Crippen molar-refractivity contribution < 1.29 is 23.1 Å². The first-order chi connectivity index (χ1) is 9.51. The highest BCUT2D eigenvalue weighted by Crippen LogP contribution is 2.28. The molecule has 1 N–H and O–H groups in total. The minimum Gasteiger partial charge on any atom is -0.383 e. The van der Waals surface area contributed by atoms with Crippen molar-refractivity contribution in [2.45, 2.75) is 45.9 Å². The van der Waals surface area contributed by atoms with E-state index in [2.05, 4.69) is 0 Å². The number of aliphatic hydroxyl groups excluding tert-OH is 1. The van der Waals surface area contributed by atoms with Crippen molar-refractivity contribution in [3.63, 3.8) is 0 Å². The third kappa shape index (κ3) is 6.06. The highest BCUT2D eigenvalue weighted by Gasteiger charge is 2.38. The average Bonchev–Trinajstić information content (AvgIpc) is 2.36. The standard InChI is InChI=1S/C14H24F3NO2S/c1-13(2,3)12(20)18-6-4-10(5-7-18)8-21-9-11(19)14(15,16)17/h10-11,19H,4-9H2,1-3H3/t11-/m0/s1. The Labute approximate surface area is 128 Å². The molecule has 0 unspecified atom stereocenters. The number of likely N-dealkylation sites (tertiary alicyclic amines) is 1. The topological polar surface area (TPSA) is 40.5 Å². The Morgan fingerprint density at radius 2 is 1.81 bits per heavy atom. The van der Waals surface area contributed by atoms with Gasteiger partial charge in [0.05, 0.1) is 0 Å². The van der Waals surface area contributed by atoms with Crippen LogP contribution >= 0.6 is 11.8 Å². The molecule has 1 fully saturated rings. The normalized spacial score (nSPS) is 19.7. The van der Waals surface area contributed by atoms with Gasteiger partial charge in [-0.2, -0.15) is 24.9 Å². The first-order valence-corrected chi connectivity index (χ1v) is 8.29. The molecular weight excluding hydrogens is 303 g/mol. The number of thioether (sulfide) groups is 1. The van der Waals surface area contributed by atoms with E-state index in [4.69, 9.17) is 5.11 Å². The van der Waals surface area contributed by atoms with Crippen LogP contribution in [0, 0.1) is 11.3 Å². The Morgan fingerprint density at radius 1 is 1.29 bits per heavy atom. The molecule has 3 nitrogen and oxygen atoms in total. The Kier molecular flexibility index (Phi) is 6.40. The SMILES string of the molecule is CC(C)(C)C(=O)N1CCC(CSC[C@H](O)C(F)(F)F)CC1. The van der Waals surface area contributed by atoms with Crippen molar-refractivity contribution in [1.82, 2.24) is 4.90 Å². The van der Waals surface area contributed by atoms with E-state index in [1.807, 2.05) is 25.7 Å². The van der Waals surface area contributed by atoms with Crippen molar-refractivity contribution >= 4 is 17.7 Å². The largest absolute Gasteiger partial charge is 0.415 e. The summed E-state index contributed by atoms with van der Waals surface area (Å²) in [5, 5.41) is 8.92. The Morgan fingerprint density at radius 3 is 2.24 bits per heavy atom. The van der Waals surface area contributed by atoms with Gasteiger partial charge in [-0.1, -0.05) is 20.8 Å². The highest BCUT2D eigenvalue weighted by atomic mass is 32.2. The lowest BCUT2D eigenvalue weighted by Crippen LogP contribution is -2.44. The van der Waals surface area contributed by atoms with Crippen LogP contribution in [0.25, 0.3) is 0 Å². The van der Waals surface area contributed by atoms with Gasteiger partial charge in [0.2, 0.25) is 5.91 Å². The molecule has 0 aromatic carbocycles. The summed E-state index contributed by atoms with van der Waals surface area (Å²) in [6.07, 6.45) is -5.14. The lowest BCUT2D eigenvalue weighted by atomic mass is 9.92. The van der Waals surface area contributed by atoms with Crippen LogP contribution in [0.15, 0.2) is 0 Å². The van der Waals surface area contributed by atoms with E-state index in [1.54, 1.807) is 0 Å².